The molecular weight excluding hydrogens is 444 g/mol. The first-order valence-corrected chi connectivity index (χ1v) is 11.2. The van der Waals surface area contributed by atoms with Gasteiger partial charge in [-0.25, -0.2) is 8.78 Å². The lowest BCUT2D eigenvalue weighted by Crippen LogP contribution is -2.33. The molecule has 0 fully saturated rings. The second kappa shape index (κ2) is 8.43. The summed E-state index contributed by atoms with van der Waals surface area (Å²) in [5, 5.41) is 17.3. The van der Waals surface area contributed by atoms with E-state index in [0.29, 0.717) is 16.8 Å². The number of aryl methyl sites for hydroxylation is 1. The molecule has 0 aliphatic carbocycles. The molecule has 0 bridgehead atoms. The maximum atomic E-state index is 12.9. The Morgan fingerprint density at radius 2 is 1.88 bits per heavy atom. The molecule has 1 amide bonds. The molecular formula is C20H21F2N5O4S. The molecule has 3 aromatic rings. The normalized spacial score (nSPS) is 14.7. The van der Waals surface area contributed by atoms with Gasteiger partial charge in [-0.3, -0.25) is 9.48 Å². The molecule has 32 heavy (non-hydrogen) atoms. The Morgan fingerprint density at radius 3 is 2.50 bits per heavy atom. The number of carbonyl (C=O) groups excluding carboxylic acids is 1. The highest BCUT2D eigenvalue weighted by Gasteiger charge is 2.34. The minimum absolute atomic E-state index is 0.0961. The number of hydrogen-bond donors (Lipinski definition) is 1. The number of amides is 1. The van der Waals surface area contributed by atoms with Crippen LogP contribution in [0.3, 0.4) is 0 Å². The van der Waals surface area contributed by atoms with Crippen LogP contribution < -0.4 is 0 Å². The second-order valence-corrected chi connectivity index (χ2v) is 9.26. The van der Waals surface area contributed by atoms with Gasteiger partial charge in [-0.15, -0.1) is 0 Å². The average molecular weight is 465 g/mol. The van der Waals surface area contributed by atoms with Crippen molar-refractivity contribution in [1.82, 2.24) is 23.9 Å². The van der Waals surface area contributed by atoms with Gasteiger partial charge in [0.25, 0.3) is 6.43 Å². The molecule has 1 N–H and O–H groups in total. The van der Waals surface area contributed by atoms with Crippen LogP contribution in [0.5, 0.6) is 0 Å². The van der Waals surface area contributed by atoms with Gasteiger partial charge in [0, 0.05) is 30.1 Å². The Labute approximate surface area is 182 Å². The van der Waals surface area contributed by atoms with Gasteiger partial charge in [0.1, 0.15) is 6.54 Å². The quantitative estimate of drug-likeness (QED) is 0.566. The average Bonchev–Trinajstić information content (AvgIpc) is 3.42. The predicted octanol–water partition coefficient (Wildman–Crippen LogP) is 1.51. The standard InChI is InChI=1S/C20H21F2N5O4S/c1-13-7-26(11-18(21)22)24-19(13)32(30,31)27-9-15-8-25(10-17(15)23-27)20(29)16(12-28)14-5-3-2-4-6-14/h2-7,9,16,18,28H,8,10-12H2,1H3/t16-/m0/s1. The first-order chi connectivity index (χ1) is 15.2. The Balaban J connectivity index is 1.53. The first-order valence-electron chi connectivity index (χ1n) is 9.80. The molecule has 1 atom stereocenters. The molecule has 1 aliphatic heterocycles. The predicted molar refractivity (Wildman–Crippen MR) is 108 cm³/mol. The van der Waals surface area contributed by atoms with E-state index >= 15 is 0 Å². The number of aromatic nitrogens is 4. The summed E-state index contributed by atoms with van der Waals surface area (Å²) in [7, 11) is -4.18. The fourth-order valence-corrected chi connectivity index (χ4v) is 5.04. The third kappa shape index (κ3) is 4.02. The van der Waals surface area contributed by atoms with E-state index in [4.69, 9.17) is 0 Å². The zero-order valence-electron chi connectivity index (χ0n) is 17.1. The summed E-state index contributed by atoms with van der Waals surface area (Å²) < 4.78 is 52.7. The van der Waals surface area contributed by atoms with Gasteiger partial charge in [-0.05, 0) is 12.5 Å². The van der Waals surface area contributed by atoms with Crippen molar-refractivity contribution in [2.75, 3.05) is 6.61 Å². The smallest absolute Gasteiger partial charge is 0.302 e. The zero-order chi connectivity index (χ0) is 23.0. The highest BCUT2D eigenvalue weighted by atomic mass is 32.2. The Kier molecular flexibility index (Phi) is 5.82. The molecule has 0 radical (unpaired) electrons. The lowest BCUT2D eigenvalue weighted by atomic mass is 9.98. The summed E-state index contributed by atoms with van der Waals surface area (Å²) >= 11 is 0. The van der Waals surface area contributed by atoms with Crippen LogP contribution in [-0.2, 0) is 34.5 Å². The van der Waals surface area contributed by atoms with Crippen molar-refractivity contribution < 1.29 is 27.1 Å². The Bertz CT molecular complexity index is 1220. The number of nitrogens with zero attached hydrogens (tertiary/aromatic N) is 5. The third-order valence-electron chi connectivity index (χ3n) is 5.27. The van der Waals surface area contributed by atoms with Gasteiger partial charge >= 0.3 is 10.0 Å². The molecule has 9 nitrogen and oxygen atoms in total. The van der Waals surface area contributed by atoms with E-state index < -0.39 is 28.9 Å². The minimum Gasteiger partial charge on any atom is -0.395 e. The number of alkyl halides is 2. The Hall–Kier alpha value is -3.12. The Morgan fingerprint density at radius 1 is 1.16 bits per heavy atom. The summed E-state index contributed by atoms with van der Waals surface area (Å²) in [6.45, 7) is 0.644. The number of fused-ring (bicyclic) bond motifs is 1. The molecule has 0 saturated carbocycles. The van der Waals surface area contributed by atoms with Crippen molar-refractivity contribution in [1.29, 1.82) is 0 Å². The van der Waals surface area contributed by atoms with E-state index in [0.717, 1.165) is 8.77 Å². The molecule has 1 aliphatic rings. The molecule has 0 saturated heterocycles. The van der Waals surface area contributed by atoms with E-state index in [1.807, 2.05) is 6.07 Å². The number of benzene rings is 1. The molecule has 3 heterocycles. The monoisotopic (exact) mass is 465 g/mol. The second-order valence-electron chi connectivity index (χ2n) is 7.55. The van der Waals surface area contributed by atoms with Crippen LogP contribution in [0.25, 0.3) is 0 Å². The summed E-state index contributed by atoms with van der Waals surface area (Å²) in [6.07, 6.45) is -0.115. The minimum atomic E-state index is -4.18. The van der Waals surface area contributed by atoms with Gasteiger partial charge < -0.3 is 10.0 Å². The number of halogens is 2. The highest BCUT2D eigenvalue weighted by Crippen LogP contribution is 2.28. The van der Waals surface area contributed by atoms with Crippen LogP contribution in [0.4, 0.5) is 8.78 Å². The van der Waals surface area contributed by atoms with Crippen molar-refractivity contribution in [3.8, 4) is 0 Å². The summed E-state index contributed by atoms with van der Waals surface area (Å²) in [5.41, 5.74) is 1.88. The van der Waals surface area contributed by atoms with Gasteiger partial charge in [0.15, 0.2) is 0 Å². The maximum Gasteiger partial charge on any atom is 0.302 e. The number of hydrogen-bond acceptors (Lipinski definition) is 6. The van der Waals surface area contributed by atoms with E-state index in [1.54, 1.807) is 24.3 Å². The highest BCUT2D eigenvalue weighted by molar-refractivity contribution is 7.89. The van der Waals surface area contributed by atoms with Gasteiger partial charge in [-0.1, -0.05) is 30.3 Å². The van der Waals surface area contributed by atoms with Crippen molar-refractivity contribution in [2.45, 2.75) is 43.9 Å². The molecule has 170 valence electrons. The zero-order valence-corrected chi connectivity index (χ0v) is 17.9. The maximum absolute atomic E-state index is 12.9. The lowest BCUT2D eigenvalue weighted by Gasteiger charge is -2.22. The first kappa shape index (κ1) is 22.1. The molecule has 12 heteroatoms. The molecule has 4 rings (SSSR count). The van der Waals surface area contributed by atoms with E-state index in [1.165, 1.54) is 24.2 Å². The largest absolute Gasteiger partial charge is 0.395 e. The van der Waals surface area contributed by atoms with Crippen molar-refractivity contribution in [2.24, 2.45) is 0 Å². The van der Waals surface area contributed by atoms with Crippen molar-refractivity contribution in [3.63, 3.8) is 0 Å². The van der Waals surface area contributed by atoms with E-state index in [9.17, 15) is 27.1 Å². The topological polar surface area (TPSA) is 110 Å². The van der Waals surface area contributed by atoms with Gasteiger partial charge in [0.2, 0.25) is 10.9 Å². The fraction of sp³-hybridized carbons (Fsp3) is 0.350. The van der Waals surface area contributed by atoms with E-state index in [-0.39, 0.29) is 36.2 Å². The van der Waals surface area contributed by atoms with E-state index in [2.05, 4.69) is 10.2 Å². The number of rotatable bonds is 7. The molecule has 0 spiro atoms. The summed E-state index contributed by atoms with van der Waals surface area (Å²) in [6, 6.07) is 8.90. The molecule has 0 unspecified atom stereocenters. The van der Waals surface area contributed by atoms with Crippen LogP contribution in [0.15, 0.2) is 47.8 Å². The van der Waals surface area contributed by atoms with Crippen LogP contribution in [0, 0.1) is 6.92 Å². The third-order valence-corrected chi connectivity index (χ3v) is 6.84. The number of aliphatic hydroxyl groups is 1. The van der Waals surface area contributed by atoms with Crippen LogP contribution >= 0.6 is 0 Å². The molecule has 2 aromatic heterocycles. The lowest BCUT2D eigenvalue weighted by molar-refractivity contribution is -0.134. The fourth-order valence-electron chi connectivity index (χ4n) is 3.72. The van der Waals surface area contributed by atoms with Crippen LogP contribution in [0.2, 0.25) is 0 Å². The summed E-state index contributed by atoms with van der Waals surface area (Å²) in [5.74, 6) is -1.01. The SMILES string of the molecule is Cc1cn(CC(F)F)nc1S(=O)(=O)n1cc2c(n1)CN(C(=O)[C@@H](CO)c1ccccc1)C2. The van der Waals surface area contributed by atoms with Crippen molar-refractivity contribution >= 4 is 15.9 Å². The van der Waals surface area contributed by atoms with Crippen molar-refractivity contribution in [3.05, 3.63) is 65.1 Å². The summed E-state index contributed by atoms with van der Waals surface area (Å²) in [4.78, 5) is 14.4. The van der Waals surface area contributed by atoms with Crippen LogP contribution in [-0.4, -0.2) is 56.3 Å². The number of aliphatic hydroxyl groups excluding tert-OH is 1. The van der Waals surface area contributed by atoms with Crippen LogP contribution in [0.1, 0.15) is 28.3 Å². The number of carbonyl (C=O) groups is 1. The van der Waals surface area contributed by atoms with Gasteiger partial charge in [0.05, 0.1) is 24.8 Å². The molecule has 1 aromatic carbocycles. The van der Waals surface area contributed by atoms with Gasteiger partial charge in [-0.2, -0.15) is 22.7 Å².